The van der Waals surface area contributed by atoms with E-state index in [1.54, 1.807) is 0 Å². The first-order chi connectivity index (χ1) is 6.84. The lowest BCUT2D eigenvalue weighted by molar-refractivity contribution is 0.0723. The molecule has 98 valence electrons. The second-order valence-electron chi connectivity index (χ2n) is 4.74. The molecule has 2 rings (SSSR count). The average Bonchev–Trinajstić information content (AvgIpc) is 2.23. The average molecular weight is 271 g/mol. The van der Waals surface area contributed by atoms with E-state index in [4.69, 9.17) is 0 Å². The minimum Gasteiger partial charge on any atom is -0.393 e. The number of nitrogens with one attached hydrogen (secondary N) is 1. The molecule has 0 spiro atoms. The van der Waals surface area contributed by atoms with Crippen LogP contribution in [0.1, 0.15) is 25.7 Å². The Balaban J connectivity index is 0.00000112. The summed E-state index contributed by atoms with van der Waals surface area (Å²) in [6.07, 6.45) is 4.63. The van der Waals surface area contributed by atoms with Crippen LogP contribution in [0.15, 0.2) is 0 Å². The molecule has 3 nitrogen and oxygen atoms in total. The van der Waals surface area contributed by atoms with Crippen LogP contribution in [0.25, 0.3) is 0 Å². The monoisotopic (exact) mass is 270 g/mol. The Morgan fingerprint density at radius 3 is 2.38 bits per heavy atom. The van der Waals surface area contributed by atoms with E-state index in [0.29, 0.717) is 0 Å². The quantitative estimate of drug-likeness (QED) is 0.794. The van der Waals surface area contributed by atoms with Crippen molar-refractivity contribution in [1.82, 2.24) is 10.2 Å². The van der Waals surface area contributed by atoms with Gasteiger partial charge in [-0.05, 0) is 44.7 Å². The highest BCUT2D eigenvalue weighted by atomic mass is 35.5. The van der Waals surface area contributed by atoms with Gasteiger partial charge in [-0.1, -0.05) is 0 Å². The van der Waals surface area contributed by atoms with Crippen molar-refractivity contribution in [2.24, 2.45) is 5.92 Å². The maximum Gasteiger partial charge on any atom is 0.0564 e. The molecular formula is C11H24Cl2N2O. The van der Waals surface area contributed by atoms with Crippen LogP contribution in [-0.4, -0.2) is 48.8 Å². The summed E-state index contributed by atoms with van der Waals surface area (Å²) in [6.45, 7) is 5.82. The van der Waals surface area contributed by atoms with E-state index < -0.39 is 0 Å². The molecule has 0 aromatic heterocycles. The highest BCUT2D eigenvalue weighted by molar-refractivity contribution is 5.85. The van der Waals surface area contributed by atoms with Gasteiger partial charge in [0.15, 0.2) is 0 Å². The molecule has 1 atom stereocenters. The van der Waals surface area contributed by atoms with Crippen molar-refractivity contribution >= 4 is 24.8 Å². The minimum absolute atomic E-state index is 0. The highest BCUT2D eigenvalue weighted by Crippen LogP contribution is 2.15. The number of piperidine rings is 2. The van der Waals surface area contributed by atoms with E-state index in [0.717, 1.165) is 31.8 Å². The van der Waals surface area contributed by atoms with Crippen molar-refractivity contribution in [2.45, 2.75) is 31.8 Å². The lowest BCUT2D eigenvalue weighted by atomic mass is 9.97. The molecule has 0 aromatic carbocycles. The third kappa shape index (κ3) is 5.19. The lowest BCUT2D eigenvalue weighted by Crippen LogP contribution is -2.42. The van der Waals surface area contributed by atoms with Gasteiger partial charge in [-0.2, -0.15) is 0 Å². The third-order valence-electron chi connectivity index (χ3n) is 3.47. The maximum atomic E-state index is 9.39. The lowest BCUT2D eigenvalue weighted by Gasteiger charge is -2.34. The zero-order valence-corrected chi connectivity index (χ0v) is 11.4. The Labute approximate surface area is 111 Å². The van der Waals surface area contributed by atoms with Crippen LogP contribution in [0.2, 0.25) is 0 Å². The van der Waals surface area contributed by atoms with Crippen LogP contribution >= 0.6 is 24.8 Å². The van der Waals surface area contributed by atoms with Crippen molar-refractivity contribution in [2.75, 3.05) is 32.7 Å². The SMILES string of the molecule is Cl.Cl.OC1CCN(CC2CCCNC2)CC1. The fraction of sp³-hybridized carbons (Fsp3) is 1.00. The third-order valence-corrected chi connectivity index (χ3v) is 3.47. The normalized spacial score (nSPS) is 27.9. The Hall–Kier alpha value is 0.460. The standard InChI is InChI=1S/C11H22N2O.2ClH/c14-11-3-6-13(7-4-11)9-10-2-1-5-12-8-10;;/h10-12,14H,1-9H2;2*1H. The molecule has 2 aliphatic heterocycles. The van der Waals surface area contributed by atoms with E-state index in [1.807, 2.05) is 0 Å². The summed E-state index contributed by atoms with van der Waals surface area (Å²) in [5.41, 5.74) is 0. The first-order valence-corrected chi connectivity index (χ1v) is 5.96. The van der Waals surface area contributed by atoms with Crippen LogP contribution in [-0.2, 0) is 0 Å². The Bertz CT molecular complexity index is 169. The van der Waals surface area contributed by atoms with Crippen molar-refractivity contribution in [1.29, 1.82) is 0 Å². The van der Waals surface area contributed by atoms with Gasteiger partial charge in [0.05, 0.1) is 6.10 Å². The number of likely N-dealkylation sites (tertiary alicyclic amines) is 1. The molecule has 2 saturated heterocycles. The van der Waals surface area contributed by atoms with Crippen molar-refractivity contribution in [3.63, 3.8) is 0 Å². The van der Waals surface area contributed by atoms with Gasteiger partial charge in [0.2, 0.25) is 0 Å². The maximum absolute atomic E-state index is 9.39. The molecule has 2 heterocycles. The van der Waals surface area contributed by atoms with Crippen LogP contribution in [0.3, 0.4) is 0 Å². The second kappa shape index (κ2) is 8.54. The van der Waals surface area contributed by atoms with Crippen LogP contribution < -0.4 is 5.32 Å². The number of aliphatic hydroxyl groups excluding tert-OH is 1. The van der Waals surface area contributed by atoms with E-state index >= 15 is 0 Å². The van der Waals surface area contributed by atoms with E-state index in [9.17, 15) is 5.11 Å². The molecule has 2 aliphatic rings. The molecule has 0 saturated carbocycles. The molecular weight excluding hydrogens is 247 g/mol. The summed E-state index contributed by atoms with van der Waals surface area (Å²) in [5, 5.41) is 12.9. The van der Waals surface area contributed by atoms with Crippen LogP contribution in [0, 0.1) is 5.92 Å². The number of aliphatic hydroxyl groups is 1. The molecule has 0 aromatic rings. The minimum atomic E-state index is -0.0317. The van der Waals surface area contributed by atoms with Crippen molar-refractivity contribution < 1.29 is 5.11 Å². The number of halogens is 2. The van der Waals surface area contributed by atoms with Gasteiger partial charge in [0.25, 0.3) is 0 Å². The van der Waals surface area contributed by atoms with Gasteiger partial charge in [0, 0.05) is 19.6 Å². The van der Waals surface area contributed by atoms with Gasteiger partial charge in [-0.25, -0.2) is 0 Å². The van der Waals surface area contributed by atoms with Gasteiger partial charge in [0.1, 0.15) is 0 Å². The molecule has 0 amide bonds. The van der Waals surface area contributed by atoms with Gasteiger partial charge in [-0.15, -0.1) is 24.8 Å². The highest BCUT2D eigenvalue weighted by Gasteiger charge is 2.21. The van der Waals surface area contributed by atoms with Crippen LogP contribution in [0.5, 0.6) is 0 Å². The number of nitrogens with zero attached hydrogens (tertiary/aromatic N) is 1. The topological polar surface area (TPSA) is 35.5 Å². The Kier molecular flexibility index (Phi) is 8.78. The van der Waals surface area contributed by atoms with Gasteiger partial charge >= 0.3 is 0 Å². The first kappa shape index (κ1) is 16.5. The Morgan fingerprint density at radius 1 is 1.12 bits per heavy atom. The Morgan fingerprint density at radius 2 is 1.81 bits per heavy atom. The number of hydrogen-bond donors (Lipinski definition) is 2. The molecule has 16 heavy (non-hydrogen) atoms. The smallest absolute Gasteiger partial charge is 0.0564 e. The fourth-order valence-electron chi connectivity index (χ4n) is 2.55. The molecule has 2 fully saturated rings. The molecule has 0 bridgehead atoms. The summed E-state index contributed by atoms with van der Waals surface area (Å²) in [7, 11) is 0. The summed E-state index contributed by atoms with van der Waals surface area (Å²) >= 11 is 0. The first-order valence-electron chi connectivity index (χ1n) is 5.96. The predicted octanol–water partition coefficient (Wildman–Crippen LogP) is 1.29. The fourth-order valence-corrected chi connectivity index (χ4v) is 2.55. The molecule has 0 radical (unpaired) electrons. The summed E-state index contributed by atoms with van der Waals surface area (Å²) in [4.78, 5) is 2.52. The molecule has 1 unspecified atom stereocenters. The predicted molar refractivity (Wildman–Crippen MR) is 71.8 cm³/mol. The summed E-state index contributed by atoms with van der Waals surface area (Å²) in [5.74, 6) is 0.846. The molecule has 2 N–H and O–H groups in total. The molecule has 0 aliphatic carbocycles. The summed E-state index contributed by atoms with van der Waals surface area (Å²) < 4.78 is 0. The van der Waals surface area contributed by atoms with Crippen LogP contribution in [0.4, 0.5) is 0 Å². The number of rotatable bonds is 2. The van der Waals surface area contributed by atoms with E-state index in [2.05, 4.69) is 10.2 Å². The van der Waals surface area contributed by atoms with Crippen molar-refractivity contribution in [3.05, 3.63) is 0 Å². The van der Waals surface area contributed by atoms with Gasteiger partial charge in [-0.3, -0.25) is 0 Å². The van der Waals surface area contributed by atoms with Crippen molar-refractivity contribution in [3.8, 4) is 0 Å². The molecule has 5 heteroatoms. The largest absolute Gasteiger partial charge is 0.393 e. The second-order valence-corrected chi connectivity index (χ2v) is 4.74. The summed E-state index contributed by atoms with van der Waals surface area (Å²) in [6, 6.07) is 0. The van der Waals surface area contributed by atoms with E-state index in [1.165, 1.54) is 32.5 Å². The zero-order chi connectivity index (χ0) is 9.80. The zero-order valence-electron chi connectivity index (χ0n) is 9.73. The van der Waals surface area contributed by atoms with E-state index in [-0.39, 0.29) is 30.9 Å². The van der Waals surface area contributed by atoms with Gasteiger partial charge < -0.3 is 15.3 Å². The number of hydrogen-bond acceptors (Lipinski definition) is 3.